The number of fused-ring (bicyclic) bond motifs is 4. The number of anilines is 2. The van der Waals surface area contributed by atoms with Crippen LogP contribution in [0.1, 0.15) is 0 Å². The normalized spacial score (nSPS) is 20.4. The molecule has 2 aromatic carbocycles. The summed E-state index contributed by atoms with van der Waals surface area (Å²) in [5.74, 6) is -1.14. The van der Waals surface area contributed by atoms with Gasteiger partial charge in [0, 0.05) is 24.0 Å². The lowest BCUT2D eigenvalue weighted by molar-refractivity contribution is -0.128. The fraction of sp³-hybridized carbons (Fsp3) is 0.269. The monoisotopic (exact) mass is 524 g/mol. The van der Waals surface area contributed by atoms with E-state index in [1.54, 1.807) is 23.1 Å². The zero-order valence-corrected chi connectivity index (χ0v) is 20.3. The molecule has 3 aromatic rings. The van der Waals surface area contributed by atoms with Gasteiger partial charge in [-0.05, 0) is 29.8 Å². The number of ether oxygens (including phenoxy) is 1. The summed E-state index contributed by atoms with van der Waals surface area (Å²) in [6, 6.07) is 6.88. The molecule has 1 saturated heterocycles. The Bertz CT molecular complexity index is 1480. The van der Waals surface area contributed by atoms with Crippen LogP contribution in [0.3, 0.4) is 0 Å². The second-order valence-corrected chi connectivity index (χ2v) is 9.58. The number of benzene rings is 2. The maximum atomic E-state index is 16.1. The van der Waals surface area contributed by atoms with E-state index >= 15 is 4.39 Å². The van der Waals surface area contributed by atoms with Crippen LogP contribution in [0, 0.1) is 5.82 Å². The van der Waals surface area contributed by atoms with E-state index in [0.29, 0.717) is 35.4 Å². The third-order valence-electron chi connectivity index (χ3n) is 7.09. The number of nitrogens with zero attached hydrogens (tertiary/aromatic N) is 4. The number of hydrogen-bond acceptors (Lipinski definition) is 7. The van der Waals surface area contributed by atoms with Crippen molar-refractivity contribution in [1.82, 2.24) is 9.88 Å². The summed E-state index contributed by atoms with van der Waals surface area (Å²) in [5.41, 5.74) is 1.51. The number of aliphatic hydroxyl groups is 1. The molecular formula is C26H22ClFN4O5. The Morgan fingerprint density at radius 3 is 2.70 bits per heavy atom. The Labute approximate surface area is 215 Å². The van der Waals surface area contributed by atoms with Crippen LogP contribution in [-0.2, 0) is 9.59 Å². The van der Waals surface area contributed by atoms with Gasteiger partial charge in [-0.2, -0.15) is 0 Å². The number of aromatic hydroxyl groups is 1. The van der Waals surface area contributed by atoms with E-state index in [4.69, 9.17) is 16.3 Å². The molecule has 0 radical (unpaired) electrons. The van der Waals surface area contributed by atoms with E-state index in [0.717, 1.165) is 0 Å². The van der Waals surface area contributed by atoms with Gasteiger partial charge in [0.05, 0.1) is 30.4 Å². The van der Waals surface area contributed by atoms with Gasteiger partial charge in [-0.15, -0.1) is 0 Å². The minimum absolute atomic E-state index is 0.00235. The van der Waals surface area contributed by atoms with Crippen LogP contribution in [0.5, 0.6) is 11.6 Å². The van der Waals surface area contributed by atoms with Crippen LogP contribution in [0.4, 0.5) is 15.8 Å². The van der Waals surface area contributed by atoms with Crippen molar-refractivity contribution in [3.05, 3.63) is 53.8 Å². The molecule has 2 atom stereocenters. The predicted molar refractivity (Wildman–Crippen MR) is 136 cm³/mol. The van der Waals surface area contributed by atoms with Crippen molar-refractivity contribution >= 4 is 45.7 Å². The maximum absolute atomic E-state index is 16.1. The third kappa shape index (κ3) is 3.51. The SMILES string of the molecule is C=CC(=O)N1CCN2c3c4c(nc5c(F)c(-c6ccc(O)cc6)c(Cl)cc35)O[C@H](CO)CN4C(=O)[C@H]2C1. The van der Waals surface area contributed by atoms with Crippen LogP contribution in [0.2, 0.25) is 5.02 Å². The molecule has 37 heavy (non-hydrogen) atoms. The summed E-state index contributed by atoms with van der Waals surface area (Å²) in [4.78, 5) is 35.3. The highest BCUT2D eigenvalue weighted by atomic mass is 35.5. The van der Waals surface area contributed by atoms with E-state index in [-0.39, 0.29) is 59.2 Å². The number of amides is 2. The van der Waals surface area contributed by atoms with Gasteiger partial charge < -0.3 is 29.6 Å². The first-order valence-electron chi connectivity index (χ1n) is 11.7. The fourth-order valence-electron chi connectivity index (χ4n) is 5.35. The number of phenols is 1. The van der Waals surface area contributed by atoms with Gasteiger partial charge in [-0.1, -0.05) is 30.3 Å². The van der Waals surface area contributed by atoms with Crippen molar-refractivity contribution in [2.45, 2.75) is 12.1 Å². The topological polar surface area (TPSA) is 106 Å². The average molecular weight is 525 g/mol. The zero-order valence-electron chi connectivity index (χ0n) is 19.5. The molecule has 0 unspecified atom stereocenters. The Kier molecular flexibility index (Phi) is 5.46. The van der Waals surface area contributed by atoms with Gasteiger partial charge in [0.2, 0.25) is 11.8 Å². The minimum Gasteiger partial charge on any atom is -0.508 e. The average Bonchev–Trinajstić information content (AvgIpc) is 2.91. The molecule has 2 N–H and O–H groups in total. The number of aliphatic hydroxyl groups excluding tert-OH is 1. The molecule has 190 valence electrons. The van der Waals surface area contributed by atoms with Crippen LogP contribution >= 0.6 is 11.6 Å². The lowest BCUT2D eigenvalue weighted by atomic mass is 9.96. The molecule has 1 fully saturated rings. The Morgan fingerprint density at radius 2 is 2.00 bits per heavy atom. The summed E-state index contributed by atoms with van der Waals surface area (Å²) >= 11 is 6.62. The van der Waals surface area contributed by atoms with Crippen LogP contribution in [0.25, 0.3) is 22.0 Å². The molecule has 1 aromatic heterocycles. The molecular weight excluding hydrogens is 503 g/mol. The van der Waals surface area contributed by atoms with Crippen molar-refractivity contribution in [2.75, 3.05) is 42.6 Å². The number of aromatic nitrogens is 1. The van der Waals surface area contributed by atoms with Gasteiger partial charge in [-0.25, -0.2) is 9.37 Å². The lowest BCUT2D eigenvalue weighted by Gasteiger charge is -2.50. The van der Waals surface area contributed by atoms with Crippen molar-refractivity contribution in [3.8, 4) is 22.8 Å². The zero-order chi connectivity index (χ0) is 26.0. The first-order chi connectivity index (χ1) is 17.8. The second-order valence-electron chi connectivity index (χ2n) is 9.17. The number of phenolic OH excluding ortho intramolecular Hbond substituents is 1. The first kappa shape index (κ1) is 23.5. The van der Waals surface area contributed by atoms with Crippen molar-refractivity contribution < 1.29 is 28.9 Å². The highest BCUT2D eigenvalue weighted by molar-refractivity contribution is 6.34. The first-order valence-corrected chi connectivity index (χ1v) is 12.1. The van der Waals surface area contributed by atoms with Gasteiger partial charge in [0.15, 0.2) is 5.82 Å². The largest absolute Gasteiger partial charge is 0.508 e. The van der Waals surface area contributed by atoms with Gasteiger partial charge >= 0.3 is 0 Å². The van der Waals surface area contributed by atoms with E-state index in [9.17, 15) is 19.8 Å². The molecule has 3 aliphatic rings. The maximum Gasteiger partial charge on any atom is 0.251 e. The van der Waals surface area contributed by atoms with E-state index in [1.165, 1.54) is 23.1 Å². The Hall–Kier alpha value is -3.89. The highest BCUT2D eigenvalue weighted by Crippen LogP contribution is 2.51. The summed E-state index contributed by atoms with van der Waals surface area (Å²) < 4.78 is 22.0. The number of hydrogen-bond donors (Lipinski definition) is 2. The number of rotatable bonds is 3. The highest BCUT2D eigenvalue weighted by Gasteiger charge is 2.47. The number of carbonyl (C=O) groups is 2. The Balaban J connectivity index is 1.60. The quantitative estimate of drug-likeness (QED) is 0.507. The lowest BCUT2D eigenvalue weighted by Crippen LogP contribution is -2.65. The molecule has 4 heterocycles. The molecule has 0 saturated carbocycles. The summed E-state index contributed by atoms with van der Waals surface area (Å²) in [7, 11) is 0. The number of pyridine rings is 1. The molecule has 0 bridgehead atoms. The number of piperazine rings is 1. The summed E-state index contributed by atoms with van der Waals surface area (Å²) in [5, 5.41) is 20.0. The van der Waals surface area contributed by atoms with Crippen molar-refractivity contribution in [3.63, 3.8) is 0 Å². The Morgan fingerprint density at radius 1 is 1.24 bits per heavy atom. The molecule has 0 spiro atoms. The standard InChI is InChI=1S/C26H22ClFN4O5/c1-2-19(35)30-7-8-31-18(11-30)26(36)32-10-15(12-33)37-25-24(32)23(31)16-9-17(27)20(21(28)22(16)29-25)13-3-5-14(34)6-4-13/h2-6,9,15,18,33-34H,1,7-8,10-12H2/t15-,18+/m0/s1. The van der Waals surface area contributed by atoms with Crippen molar-refractivity contribution in [1.29, 1.82) is 0 Å². The van der Waals surface area contributed by atoms with E-state index in [2.05, 4.69) is 11.6 Å². The number of halogens is 2. The number of carbonyl (C=O) groups excluding carboxylic acids is 2. The molecule has 3 aliphatic heterocycles. The minimum atomic E-state index is -0.748. The smallest absolute Gasteiger partial charge is 0.251 e. The van der Waals surface area contributed by atoms with Gasteiger partial charge in [0.25, 0.3) is 5.91 Å². The van der Waals surface area contributed by atoms with Crippen LogP contribution < -0.4 is 14.5 Å². The van der Waals surface area contributed by atoms with E-state index in [1.807, 2.05) is 4.90 Å². The van der Waals surface area contributed by atoms with Gasteiger partial charge in [0.1, 0.15) is 29.1 Å². The molecule has 2 amide bonds. The fourth-order valence-corrected chi connectivity index (χ4v) is 5.65. The summed E-state index contributed by atoms with van der Waals surface area (Å²) in [6.45, 7) is 4.05. The van der Waals surface area contributed by atoms with Gasteiger partial charge in [-0.3, -0.25) is 9.59 Å². The molecule has 11 heteroatoms. The molecule has 6 rings (SSSR count). The van der Waals surface area contributed by atoms with Crippen LogP contribution in [-0.4, -0.2) is 76.8 Å². The molecule has 9 nitrogen and oxygen atoms in total. The van der Waals surface area contributed by atoms with Crippen LogP contribution in [0.15, 0.2) is 43.0 Å². The van der Waals surface area contributed by atoms with Crippen molar-refractivity contribution in [2.24, 2.45) is 0 Å². The second kappa shape index (κ2) is 8.60. The van der Waals surface area contributed by atoms with E-state index < -0.39 is 18.0 Å². The summed E-state index contributed by atoms with van der Waals surface area (Å²) in [6.07, 6.45) is 0.465. The predicted octanol–water partition coefficient (Wildman–Crippen LogP) is 2.70. The molecule has 0 aliphatic carbocycles. The third-order valence-corrected chi connectivity index (χ3v) is 7.38.